The first-order valence-electron chi connectivity index (χ1n) is 4.84. The van der Waals surface area contributed by atoms with Gasteiger partial charge in [-0.3, -0.25) is 0 Å². The number of thiophene rings is 1. The van der Waals surface area contributed by atoms with Crippen LogP contribution in [0.15, 0.2) is 15.9 Å². The summed E-state index contributed by atoms with van der Waals surface area (Å²) in [7, 11) is 0. The van der Waals surface area contributed by atoms with Gasteiger partial charge in [0.15, 0.2) is 0 Å². The van der Waals surface area contributed by atoms with Gasteiger partial charge in [-0.25, -0.2) is 4.79 Å². The van der Waals surface area contributed by atoms with E-state index in [2.05, 4.69) is 22.0 Å². The van der Waals surface area contributed by atoms with Gasteiger partial charge in [0, 0.05) is 11.4 Å². The minimum atomic E-state index is -0.182. The minimum Gasteiger partial charge on any atom is -0.447 e. The molecule has 82 valence electrons. The van der Waals surface area contributed by atoms with Crippen LogP contribution in [0.4, 0.5) is 4.79 Å². The Labute approximate surface area is 101 Å². The summed E-state index contributed by atoms with van der Waals surface area (Å²) >= 11 is 5.13. The topological polar surface area (TPSA) is 29.5 Å². The van der Waals surface area contributed by atoms with E-state index in [1.165, 1.54) is 4.88 Å². The molecule has 0 spiro atoms. The van der Waals surface area contributed by atoms with Crippen molar-refractivity contribution in [3.8, 4) is 0 Å². The Kier molecular flexibility index (Phi) is 3.31. The lowest BCUT2D eigenvalue weighted by Crippen LogP contribution is -2.32. The summed E-state index contributed by atoms with van der Waals surface area (Å²) in [4.78, 5) is 14.4. The second-order valence-corrected chi connectivity index (χ2v) is 6.12. The predicted molar refractivity (Wildman–Crippen MR) is 63.2 cm³/mol. The molecule has 1 aliphatic rings. The number of amides is 1. The average Bonchev–Trinajstić information content (AvgIpc) is 2.73. The molecule has 1 aromatic heterocycles. The van der Waals surface area contributed by atoms with E-state index in [9.17, 15) is 4.79 Å². The van der Waals surface area contributed by atoms with Crippen molar-refractivity contribution in [2.24, 2.45) is 0 Å². The van der Waals surface area contributed by atoms with Gasteiger partial charge in [0.25, 0.3) is 0 Å². The fraction of sp³-hybridized carbons (Fsp3) is 0.500. The van der Waals surface area contributed by atoms with Gasteiger partial charge in [-0.15, -0.1) is 11.3 Å². The third-order valence-electron chi connectivity index (χ3n) is 2.44. The van der Waals surface area contributed by atoms with Crippen LogP contribution >= 0.6 is 27.3 Å². The van der Waals surface area contributed by atoms with Crippen LogP contribution < -0.4 is 0 Å². The first-order chi connectivity index (χ1) is 7.16. The molecule has 0 N–H and O–H groups in total. The van der Waals surface area contributed by atoms with Crippen molar-refractivity contribution in [1.29, 1.82) is 0 Å². The van der Waals surface area contributed by atoms with Crippen molar-refractivity contribution in [2.45, 2.75) is 19.4 Å². The number of ether oxygens (including phenoxy) is 1. The zero-order valence-corrected chi connectivity index (χ0v) is 10.8. The summed E-state index contributed by atoms with van der Waals surface area (Å²) in [6.07, 6.45) is 0.716. The van der Waals surface area contributed by atoms with Crippen molar-refractivity contribution in [2.75, 3.05) is 13.2 Å². The standard InChI is InChI=1S/C10H12BrNO2S/c1-7-6-14-10(13)12(7)5-4-8-2-3-9(11)15-8/h2-3,7H,4-6H2,1H3. The first-order valence-corrected chi connectivity index (χ1v) is 6.45. The van der Waals surface area contributed by atoms with Crippen LogP contribution in [-0.4, -0.2) is 30.2 Å². The summed E-state index contributed by atoms with van der Waals surface area (Å²) in [5.74, 6) is 0. The number of carbonyl (C=O) groups excluding carboxylic acids is 1. The Hall–Kier alpha value is -0.550. The van der Waals surface area contributed by atoms with E-state index in [4.69, 9.17) is 4.74 Å². The number of carbonyl (C=O) groups is 1. The fourth-order valence-corrected chi connectivity index (χ4v) is 3.05. The molecule has 0 radical (unpaired) electrons. The van der Waals surface area contributed by atoms with Crippen LogP contribution in [0.5, 0.6) is 0 Å². The Morgan fingerprint density at radius 1 is 1.67 bits per heavy atom. The van der Waals surface area contributed by atoms with Crippen LogP contribution in [0.25, 0.3) is 0 Å². The van der Waals surface area contributed by atoms with Crippen LogP contribution in [0.3, 0.4) is 0 Å². The molecule has 2 heterocycles. The molecule has 1 saturated heterocycles. The van der Waals surface area contributed by atoms with Gasteiger partial charge < -0.3 is 9.64 Å². The average molecular weight is 290 g/mol. The molecule has 1 fully saturated rings. The van der Waals surface area contributed by atoms with Crippen molar-refractivity contribution in [1.82, 2.24) is 4.90 Å². The highest BCUT2D eigenvalue weighted by atomic mass is 79.9. The van der Waals surface area contributed by atoms with Gasteiger partial charge in [-0.05, 0) is 41.4 Å². The molecule has 1 amide bonds. The van der Waals surface area contributed by atoms with Crippen molar-refractivity contribution >= 4 is 33.4 Å². The predicted octanol–water partition coefficient (Wildman–Crippen LogP) is 2.89. The second-order valence-electron chi connectivity index (χ2n) is 3.58. The zero-order valence-electron chi connectivity index (χ0n) is 8.40. The molecule has 0 bridgehead atoms. The van der Waals surface area contributed by atoms with Gasteiger partial charge in [0.2, 0.25) is 0 Å². The van der Waals surface area contributed by atoms with E-state index in [0.29, 0.717) is 6.61 Å². The first kappa shape index (κ1) is 11.0. The molecule has 5 heteroatoms. The Morgan fingerprint density at radius 3 is 3.00 bits per heavy atom. The molecule has 1 aromatic rings. The quantitative estimate of drug-likeness (QED) is 0.856. The summed E-state index contributed by atoms with van der Waals surface area (Å²) in [6.45, 7) is 3.27. The SMILES string of the molecule is CC1COC(=O)N1CCc1ccc(Br)s1. The van der Waals surface area contributed by atoms with E-state index >= 15 is 0 Å². The molecular weight excluding hydrogens is 278 g/mol. The van der Waals surface area contributed by atoms with E-state index in [0.717, 1.165) is 16.8 Å². The number of cyclic esters (lactones) is 1. The maximum Gasteiger partial charge on any atom is 0.410 e. The molecule has 0 saturated carbocycles. The maximum absolute atomic E-state index is 11.3. The van der Waals surface area contributed by atoms with Gasteiger partial charge >= 0.3 is 6.09 Å². The number of rotatable bonds is 3. The molecule has 3 nitrogen and oxygen atoms in total. The van der Waals surface area contributed by atoms with Gasteiger partial charge in [0.05, 0.1) is 9.83 Å². The highest BCUT2D eigenvalue weighted by molar-refractivity contribution is 9.11. The summed E-state index contributed by atoms with van der Waals surface area (Å²) in [6, 6.07) is 4.33. The Balaban J connectivity index is 1.90. The van der Waals surface area contributed by atoms with Crippen LogP contribution in [0.2, 0.25) is 0 Å². The molecule has 2 rings (SSSR count). The van der Waals surface area contributed by atoms with E-state index in [-0.39, 0.29) is 12.1 Å². The molecule has 1 unspecified atom stereocenters. The van der Waals surface area contributed by atoms with Crippen LogP contribution in [-0.2, 0) is 11.2 Å². The molecule has 1 aliphatic heterocycles. The lowest BCUT2D eigenvalue weighted by Gasteiger charge is -2.16. The minimum absolute atomic E-state index is 0.182. The Morgan fingerprint density at radius 2 is 2.47 bits per heavy atom. The normalized spacial score (nSPS) is 20.8. The number of hydrogen-bond acceptors (Lipinski definition) is 3. The molecule has 15 heavy (non-hydrogen) atoms. The van der Waals surface area contributed by atoms with Crippen LogP contribution in [0.1, 0.15) is 11.8 Å². The highest BCUT2D eigenvalue weighted by Gasteiger charge is 2.28. The largest absolute Gasteiger partial charge is 0.447 e. The fourth-order valence-electron chi connectivity index (χ4n) is 1.57. The van der Waals surface area contributed by atoms with Crippen LogP contribution in [0, 0.1) is 0 Å². The lowest BCUT2D eigenvalue weighted by atomic mass is 10.3. The molecule has 0 aliphatic carbocycles. The monoisotopic (exact) mass is 289 g/mol. The lowest BCUT2D eigenvalue weighted by molar-refractivity contribution is 0.158. The summed E-state index contributed by atoms with van der Waals surface area (Å²) in [5, 5.41) is 0. The van der Waals surface area contributed by atoms with E-state index in [1.54, 1.807) is 16.2 Å². The Bertz CT molecular complexity index is 366. The maximum atomic E-state index is 11.3. The summed E-state index contributed by atoms with van der Waals surface area (Å²) < 4.78 is 6.09. The van der Waals surface area contributed by atoms with Crippen molar-refractivity contribution < 1.29 is 9.53 Å². The smallest absolute Gasteiger partial charge is 0.410 e. The van der Waals surface area contributed by atoms with E-state index < -0.39 is 0 Å². The van der Waals surface area contributed by atoms with Gasteiger partial charge in [0.1, 0.15) is 6.61 Å². The second kappa shape index (κ2) is 4.53. The zero-order chi connectivity index (χ0) is 10.8. The highest BCUT2D eigenvalue weighted by Crippen LogP contribution is 2.23. The number of nitrogens with zero attached hydrogens (tertiary/aromatic N) is 1. The van der Waals surface area contributed by atoms with Crippen molar-refractivity contribution in [3.05, 3.63) is 20.8 Å². The molecular formula is C10H12BrNO2S. The van der Waals surface area contributed by atoms with Crippen molar-refractivity contribution in [3.63, 3.8) is 0 Å². The van der Waals surface area contributed by atoms with Gasteiger partial charge in [-0.1, -0.05) is 0 Å². The third-order valence-corrected chi connectivity index (χ3v) is 4.13. The third kappa shape index (κ3) is 2.52. The molecule has 1 atom stereocenters. The van der Waals surface area contributed by atoms with Gasteiger partial charge in [-0.2, -0.15) is 0 Å². The van der Waals surface area contributed by atoms with E-state index in [1.807, 2.05) is 13.0 Å². The number of halogens is 1. The number of hydrogen-bond donors (Lipinski definition) is 0. The summed E-state index contributed by atoms with van der Waals surface area (Å²) in [5.41, 5.74) is 0. The molecule has 0 aromatic carbocycles.